The molecule has 0 bridgehead atoms. The lowest BCUT2D eigenvalue weighted by Crippen LogP contribution is -2.41. The van der Waals surface area contributed by atoms with E-state index in [1.165, 1.54) is 19.3 Å². The molecule has 1 aromatic carbocycles. The standard InChI is InChI=1S/C21H29N3O2/c1-16(2)17-9-4-5-10-18(17)23-21(25)22-15-19(20-11-8-14-26-20)24-12-6-3-7-13-24/h4-5,8-11,14,16,19H,3,6-7,12-13,15H2,1-2H3,(H2,22,23,25). The summed E-state index contributed by atoms with van der Waals surface area (Å²) in [5.41, 5.74) is 2.01. The van der Waals surface area contributed by atoms with Crippen molar-refractivity contribution in [3.05, 3.63) is 54.0 Å². The number of carbonyl (C=O) groups excluding carboxylic acids is 1. The molecular formula is C21H29N3O2. The minimum Gasteiger partial charge on any atom is -0.468 e. The van der Waals surface area contributed by atoms with Gasteiger partial charge in [0.15, 0.2) is 0 Å². The van der Waals surface area contributed by atoms with Crippen molar-refractivity contribution in [2.45, 2.75) is 45.1 Å². The van der Waals surface area contributed by atoms with Crippen LogP contribution in [0.15, 0.2) is 47.1 Å². The van der Waals surface area contributed by atoms with Crippen LogP contribution in [0, 0.1) is 0 Å². The van der Waals surface area contributed by atoms with E-state index < -0.39 is 0 Å². The topological polar surface area (TPSA) is 57.5 Å². The Morgan fingerprint density at radius 1 is 1.12 bits per heavy atom. The number of likely N-dealkylation sites (tertiary alicyclic amines) is 1. The molecule has 26 heavy (non-hydrogen) atoms. The highest BCUT2D eigenvalue weighted by molar-refractivity contribution is 5.90. The average Bonchev–Trinajstić information content (AvgIpc) is 3.17. The number of para-hydroxylation sites is 1. The number of anilines is 1. The van der Waals surface area contributed by atoms with Crippen molar-refractivity contribution >= 4 is 11.7 Å². The number of amides is 2. The number of nitrogens with zero attached hydrogens (tertiary/aromatic N) is 1. The van der Waals surface area contributed by atoms with E-state index in [0.717, 1.165) is 30.1 Å². The predicted molar refractivity (Wildman–Crippen MR) is 104 cm³/mol. The first kappa shape index (κ1) is 18.5. The molecule has 2 N–H and O–H groups in total. The summed E-state index contributed by atoms with van der Waals surface area (Å²) in [7, 11) is 0. The van der Waals surface area contributed by atoms with Gasteiger partial charge in [0.05, 0.1) is 12.3 Å². The number of furan rings is 1. The maximum absolute atomic E-state index is 12.5. The van der Waals surface area contributed by atoms with Crippen LogP contribution in [0.3, 0.4) is 0 Å². The van der Waals surface area contributed by atoms with Crippen LogP contribution in [0.5, 0.6) is 0 Å². The number of urea groups is 1. The number of hydrogen-bond acceptors (Lipinski definition) is 3. The lowest BCUT2D eigenvalue weighted by molar-refractivity contribution is 0.144. The molecule has 1 aliphatic heterocycles. The Morgan fingerprint density at radius 3 is 2.58 bits per heavy atom. The molecule has 1 fully saturated rings. The number of piperidine rings is 1. The summed E-state index contributed by atoms with van der Waals surface area (Å²) in [4.78, 5) is 14.9. The monoisotopic (exact) mass is 355 g/mol. The molecule has 0 aliphatic carbocycles. The highest BCUT2D eigenvalue weighted by atomic mass is 16.3. The van der Waals surface area contributed by atoms with E-state index in [1.54, 1.807) is 6.26 Å². The Morgan fingerprint density at radius 2 is 1.88 bits per heavy atom. The highest BCUT2D eigenvalue weighted by Crippen LogP contribution is 2.25. The second kappa shape index (κ2) is 8.90. The first-order valence-corrected chi connectivity index (χ1v) is 9.56. The Kier molecular flexibility index (Phi) is 6.34. The molecule has 2 heterocycles. The fourth-order valence-corrected chi connectivity index (χ4v) is 3.59. The number of benzene rings is 1. The van der Waals surface area contributed by atoms with Crippen molar-refractivity contribution < 1.29 is 9.21 Å². The Balaban J connectivity index is 1.63. The third kappa shape index (κ3) is 4.67. The lowest BCUT2D eigenvalue weighted by atomic mass is 10.0. The fourth-order valence-electron chi connectivity index (χ4n) is 3.59. The molecule has 1 aromatic heterocycles. The van der Waals surface area contributed by atoms with Crippen molar-refractivity contribution in [2.75, 3.05) is 25.0 Å². The van der Waals surface area contributed by atoms with Gasteiger partial charge in [-0.25, -0.2) is 4.79 Å². The summed E-state index contributed by atoms with van der Waals surface area (Å²) in [5, 5.41) is 6.03. The maximum atomic E-state index is 12.5. The highest BCUT2D eigenvalue weighted by Gasteiger charge is 2.25. The van der Waals surface area contributed by atoms with Gasteiger partial charge in [0, 0.05) is 12.2 Å². The van der Waals surface area contributed by atoms with E-state index in [0.29, 0.717) is 12.5 Å². The summed E-state index contributed by atoms with van der Waals surface area (Å²) in [5.74, 6) is 1.27. The largest absolute Gasteiger partial charge is 0.468 e. The molecule has 5 nitrogen and oxygen atoms in total. The van der Waals surface area contributed by atoms with E-state index in [1.807, 2.05) is 30.3 Å². The van der Waals surface area contributed by atoms with Gasteiger partial charge in [-0.2, -0.15) is 0 Å². The van der Waals surface area contributed by atoms with Crippen molar-refractivity contribution in [3.63, 3.8) is 0 Å². The predicted octanol–water partition coefficient (Wildman–Crippen LogP) is 4.75. The van der Waals surface area contributed by atoms with Gasteiger partial charge in [-0.15, -0.1) is 0 Å². The third-order valence-corrected chi connectivity index (χ3v) is 4.99. The van der Waals surface area contributed by atoms with Gasteiger partial charge in [-0.1, -0.05) is 38.5 Å². The minimum absolute atomic E-state index is 0.0800. The van der Waals surface area contributed by atoms with E-state index in [4.69, 9.17) is 4.42 Å². The molecular weight excluding hydrogens is 326 g/mol. The number of hydrogen-bond donors (Lipinski definition) is 2. The maximum Gasteiger partial charge on any atom is 0.319 e. The Hall–Kier alpha value is -2.27. The van der Waals surface area contributed by atoms with E-state index in [9.17, 15) is 4.79 Å². The third-order valence-electron chi connectivity index (χ3n) is 4.99. The van der Waals surface area contributed by atoms with Crippen molar-refractivity contribution in [1.29, 1.82) is 0 Å². The van der Waals surface area contributed by atoms with Crippen molar-refractivity contribution in [2.24, 2.45) is 0 Å². The van der Waals surface area contributed by atoms with Gasteiger partial charge in [-0.05, 0) is 55.6 Å². The van der Waals surface area contributed by atoms with Crippen LogP contribution in [0.1, 0.15) is 56.4 Å². The fraction of sp³-hybridized carbons (Fsp3) is 0.476. The molecule has 2 aromatic rings. The van der Waals surface area contributed by atoms with Crippen molar-refractivity contribution in [3.8, 4) is 0 Å². The molecule has 1 saturated heterocycles. The van der Waals surface area contributed by atoms with Crippen LogP contribution >= 0.6 is 0 Å². The van der Waals surface area contributed by atoms with E-state index in [2.05, 4.69) is 35.4 Å². The molecule has 1 aliphatic rings. The molecule has 2 amide bonds. The smallest absolute Gasteiger partial charge is 0.319 e. The summed E-state index contributed by atoms with van der Waals surface area (Å²) >= 11 is 0. The van der Waals surface area contributed by atoms with Gasteiger partial charge in [-0.3, -0.25) is 4.90 Å². The summed E-state index contributed by atoms with van der Waals surface area (Å²) in [6, 6.07) is 11.8. The summed E-state index contributed by atoms with van der Waals surface area (Å²) in [6.45, 7) is 6.88. The van der Waals surface area contributed by atoms with Crippen LogP contribution in [0.4, 0.5) is 10.5 Å². The molecule has 5 heteroatoms. The number of carbonyl (C=O) groups is 1. The van der Waals surface area contributed by atoms with Crippen LogP contribution in [0.2, 0.25) is 0 Å². The minimum atomic E-state index is -0.174. The molecule has 0 saturated carbocycles. The molecule has 0 radical (unpaired) electrons. The molecule has 140 valence electrons. The molecule has 1 atom stereocenters. The normalized spacial score (nSPS) is 16.4. The van der Waals surface area contributed by atoms with Gasteiger partial charge in [0.1, 0.15) is 5.76 Å². The molecule has 3 rings (SSSR count). The number of rotatable bonds is 6. The zero-order valence-corrected chi connectivity index (χ0v) is 15.7. The van der Waals surface area contributed by atoms with Crippen molar-refractivity contribution in [1.82, 2.24) is 10.2 Å². The first-order valence-electron chi connectivity index (χ1n) is 9.56. The lowest BCUT2D eigenvalue weighted by Gasteiger charge is -2.33. The summed E-state index contributed by atoms with van der Waals surface area (Å²) in [6.07, 6.45) is 5.38. The zero-order chi connectivity index (χ0) is 18.4. The van der Waals surface area contributed by atoms with Gasteiger partial charge in [0.25, 0.3) is 0 Å². The van der Waals surface area contributed by atoms with Crippen LogP contribution in [-0.4, -0.2) is 30.6 Å². The Bertz CT molecular complexity index is 691. The van der Waals surface area contributed by atoms with Crippen LogP contribution < -0.4 is 10.6 Å². The number of nitrogens with one attached hydrogen (secondary N) is 2. The SMILES string of the molecule is CC(C)c1ccccc1NC(=O)NCC(c1ccco1)N1CCCCC1. The van der Waals surface area contributed by atoms with Gasteiger partial charge in [0.2, 0.25) is 0 Å². The Labute approximate surface area is 155 Å². The van der Waals surface area contributed by atoms with E-state index in [-0.39, 0.29) is 12.1 Å². The first-order chi connectivity index (χ1) is 12.6. The summed E-state index contributed by atoms with van der Waals surface area (Å²) < 4.78 is 5.64. The van der Waals surface area contributed by atoms with E-state index >= 15 is 0 Å². The van der Waals surface area contributed by atoms with Gasteiger partial charge < -0.3 is 15.1 Å². The van der Waals surface area contributed by atoms with Crippen LogP contribution in [-0.2, 0) is 0 Å². The zero-order valence-electron chi connectivity index (χ0n) is 15.7. The quantitative estimate of drug-likeness (QED) is 0.786. The van der Waals surface area contributed by atoms with Gasteiger partial charge >= 0.3 is 6.03 Å². The molecule has 1 unspecified atom stereocenters. The molecule has 0 spiro atoms. The average molecular weight is 355 g/mol. The second-order valence-corrected chi connectivity index (χ2v) is 7.20. The second-order valence-electron chi connectivity index (χ2n) is 7.20. The van der Waals surface area contributed by atoms with Crippen LogP contribution in [0.25, 0.3) is 0 Å².